The van der Waals surface area contributed by atoms with Crippen molar-refractivity contribution in [3.05, 3.63) is 144 Å². The molecule has 0 bridgehead atoms. The first-order chi connectivity index (χ1) is 55.6. The zero-order chi connectivity index (χ0) is 85.6. The molecule has 0 unspecified atom stereocenters. The standard InChI is InChI=1S/C45H66N6O7.C37H53N3O7.C8H15N3O/c1-31(2)27-35(30-39(52)38(29-34-17-11-8-12-18-34)49-40(53)32(3)28-33-15-9-7-10-16-33)41(54)48-37(19-13-14-22-46-44(57)58-45(4,5)6)42(55)50-23-25-51(26-24-50)43(56)47-36-20-21-36;1-25(2)21-29(34(43)39-30(35(44)45)19-13-14-20-38-36(46)47-37(4,5)6)24-32(41)31(23-28-17-11-8-12-18-28)40-33(42)26(3)22-27-15-9-7-10-16-27;12-8(10-7-1-2-7)11-5-3-9-4-6-11/h7-12,15-18,31-32,35-38H,13-14,19-30H2,1-6H3,(H,46,57)(H,47,56)(H,48,54)(H,49,53);7-12,15-18,25-26,29-31H,13-14,19-24H2,1-6H3,(H,38,46)(H,39,43)(H,40,42)(H,44,45);7,9H,1-6H2,(H,10,12)/t32-,35+,37-,38-;26-,29+,30-,31-;/m11./s1. The lowest BCUT2D eigenvalue weighted by Crippen LogP contribution is -2.57. The molecule has 11 amide bonds. The number of ether oxygens (including phenoxy) is 2. The van der Waals surface area contributed by atoms with Crippen molar-refractivity contribution in [3.63, 3.8) is 0 Å². The van der Waals surface area contributed by atoms with Crippen LogP contribution in [0.1, 0.15) is 195 Å². The Kier molecular flexibility index (Phi) is 40.4. The van der Waals surface area contributed by atoms with Crippen molar-refractivity contribution < 1.29 is 72.1 Å². The van der Waals surface area contributed by atoms with Crippen LogP contribution < -0.4 is 47.9 Å². The van der Waals surface area contributed by atoms with Crippen molar-refractivity contribution in [2.24, 2.45) is 35.5 Å². The summed E-state index contributed by atoms with van der Waals surface area (Å²) < 4.78 is 10.5. The Labute approximate surface area is 693 Å². The summed E-state index contributed by atoms with van der Waals surface area (Å²) >= 11 is 0. The minimum atomic E-state index is -1.17. The highest BCUT2D eigenvalue weighted by Crippen LogP contribution is 2.25. The lowest BCUT2D eigenvalue weighted by Gasteiger charge is -2.37. The first-order valence-corrected chi connectivity index (χ1v) is 42.3. The fourth-order valence-electron chi connectivity index (χ4n) is 13.7. The molecule has 4 aromatic rings. The Morgan fingerprint density at radius 1 is 0.419 bits per heavy atom. The maximum Gasteiger partial charge on any atom is 0.407 e. The van der Waals surface area contributed by atoms with Gasteiger partial charge in [0, 0.05) is 114 Å². The molecule has 4 fully saturated rings. The summed E-state index contributed by atoms with van der Waals surface area (Å²) in [5, 5.41) is 36.1. The first-order valence-electron chi connectivity index (χ1n) is 42.3. The van der Waals surface area contributed by atoms with Gasteiger partial charge in [0.1, 0.15) is 23.3 Å². The average Bonchev–Trinajstić information content (AvgIpc) is 1.53. The van der Waals surface area contributed by atoms with Crippen LogP contribution in [-0.2, 0) is 73.5 Å². The molecular formula is C90H134N12O15. The number of unbranched alkanes of at least 4 members (excludes halogenated alkanes) is 2. The molecule has 0 spiro atoms. The van der Waals surface area contributed by atoms with Crippen LogP contribution >= 0.6 is 0 Å². The molecular weight excluding hydrogens is 1490 g/mol. The smallest absolute Gasteiger partial charge is 0.407 e. The van der Waals surface area contributed by atoms with E-state index >= 15 is 0 Å². The number of carboxylic acid groups (broad SMARTS) is 1. The van der Waals surface area contributed by atoms with E-state index in [1.54, 1.807) is 51.3 Å². The van der Waals surface area contributed by atoms with Crippen molar-refractivity contribution in [2.75, 3.05) is 65.4 Å². The molecule has 644 valence electrons. The highest BCUT2D eigenvalue weighted by molar-refractivity contribution is 5.96. The third kappa shape index (κ3) is 38.8. The molecule has 8 rings (SSSR count). The number of carbonyl (C=O) groups is 12. The number of nitrogens with zero attached hydrogens (tertiary/aromatic N) is 3. The molecule has 0 radical (unpaired) electrons. The molecule has 8 atom stereocenters. The number of piperazine rings is 2. The van der Waals surface area contributed by atoms with Gasteiger partial charge in [-0.25, -0.2) is 24.0 Å². The van der Waals surface area contributed by atoms with Gasteiger partial charge in [0.2, 0.25) is 29.5 Å². The zero-order valence-electron chi connectivity index (χ0n) is 71.3. The third-order valence-electron chi connectivity index (χ3n) is 20.3. The maximum atomic E-state index is 14.2. The SMILES string of the molecule is CC(C)C[C@@H](CC(=O)[C@@H](Cc1ccccc1)NC(=O)[C@H](C)Cc1ccccc1)C(=O)N[C@H](CCCCNC(=O)OC(C)(C)C)C(=O)N1CCN(C(=O)NC2CC2)CC1.CC(C)C[C@@H](CC(=O)[C@@H](Cc1ccccc1)NC(=O)[C@H](C)Cc1ccccc1)C(=O)N[C@H](CCCCNC(=O)OC(C)(C)C)C(=O)O.O=C(NC1CC1)N1CCNCC1. The van der Waals surface area contributed by atoms with E-state index in [0.29, 0.717) is 103 Å². The van der Waals surface area contributed by atoms with Crippen LogP contribution in [-0.4, -0.2) is 204 Å². The largest absolute Gasteiger partial charge is 0.480 e. The molecule has 0 aromatic heterocycles. The third-order valence-corrected chi connectivity index (χ3v) is 20.3. The predicted octanol–water partition coefficient (Wildman–Crippen LogP) is 10.7. The second kappa shape index (κ2) is 49.3. The van der Waals surface area contributed by atoms with Gasteiger partial charge in [-0.05, 0) is 178 Å². The van der Waals surface area contributed by atoms with E-state index in [2.05, 4.69) is 47.9 Å². The van der Waals surface area contributed by atoms with Crippen LogP contribution in [0, 0.1) is 35.5 Å². The van der Waals surface area contributed by atoms with Crippen LogP contribution in [0.3, 0.4) is 0 Å². The quantitative estimate of drug-likeness (QED) is 0.0185. The molecule has 117 heavy (non-hydrogen) atoms. The summed E-state index contributed by atoms with van der Waals surface area (Å²) in [5.74, 6) is -5.47. The Morgan fingerprint density at radius 2 is 0.744 bits per heavy atom. The lowest BCUT2D eigenvalue weighted by atomic mass is 9.88. The molecule has 2 aliphatic heterocycles. The molecule has 4 aromatic carbocycles. The van der Waals surface area contributed by atoms with Crippen molar-refractivity contribution in [3.8, 4) is 0 Å². The van der Waals surface area contributed by atoms with E-state index in [1.165, 1.54) is 0 Å². The number of Topliss-reactive ketones (excluding diaryl/α,β-unsaturated/α-hetero) is 2. The molecule has 2 saturated heterocycles. The van der Waals surface area contributed by atoms with Gasteiger partial charge in [-0.3, -0.25) is 33.6 Å². The van der Waals surface area contributed by atoms with E-state index in [0.717, 1.165) is 74.1 Å². The zero-order valence-corrected chi connectivity index (χ0v) is 71.3. The second-order valence-electron chi connectivity index (χ2n) is 34.5. The van der Waals surface area contributed by atoms with Gasteiger partial charge >= 0.3 is 30.2 Å². The summed E-state index contributed by atoms with van der Waals surface area (Å²) in [4.78, 5) is 162. The number of hydrogen-bond acceptors (Lipinski definition) is 15. The van der Waals surface area contributed by atoms with Crippen LogP contribution in [0.5, 0.6) is 0 Å². The molecule has 2 saturated carbocycles. The highest BCUT2D eigenvalue weighted by atomic mass is 16.6. The molecule has 27 nitrogen and oxygen atoms in total. The van der Waals surface area contributed by atoms with E-state index in [9.17, 15) is 62.6 Å². The van der Waals surface area contributed by atoms with Gasteiger partial charge in [0.15, 0.2) is 11.6 Å². The average molecular weight is 1620 g/mol. The van der Waals surface area contributed by atoms with Crippen molar-refractivity contribution in [1.82, 2.24) is 62.6 Å². The van der Waals surface area contributed by atoms with Crippen LogP contribution in [0.2, 0.25) is 0 Å². The monoisotopic (exact) mass is 1620 g/mol. The fraction of sp³-hybridized carbons (Fsp3) is 0.600. The van der Waals surface area contributed by atoms with E-state index < -0.39 is 77.2 Å². The van der Waals surface area contributed by atoms with Gasteiger partial charge < -0.3 is 77.1 Å². The van der Waals surface area contributed by atoms with Crippen LogP contribution in [0.4, 0.5) is 19.2 Å². The predicted molar refractivity (Wildman–Crippen MR) is 451 cm³/mol. The molecule has 2 heterocycles. The Morgan fingerprint density at radius 3 is 1.09 bits per heavy atom. The van der Waals surface area contributed by atoms with Crippen molar-refractivity contribution >= 4 is 71.3 Å². The van der Waals surface area contributed by atoms with E-state index in [-0.39, 0.29) is 103 Å². The summed E-state index contributed by atoms with van der Waals surface area (Å²) in [6, 6.07) is 35.3. The van der Waals surface area contributed by atoms with E-state index in [4.69, 9.17) is 9.47 Å². The minimum Gasteiger partial charge on any atom is -0.480 e. The summed E-state index contributed by atoms with van der Waals surface area (Å²) in [7, 11) is 0. The number of rotatable bonds is 40. The molecule has 4 aliphatic rings. The second-order valence-corrected chi connectivity index (χ2v) is 34.5. The van der Waals surface area contributed by atoms with Gasteiger partial charge in [0.05, 0.1) is 12.1 Å². The number of carbonyl (C=O) groups excluding carboxylic acids is 11. The molecule has 2 aliphatic carbocycles. The maximum absolute atomic E-state index is 14.2. The number of nitrogens with one attached hydrogen (secondary N) is 9. The van der Waals surface area contributed by atoms with Crippen molar-refractivity contribution in [1.29, 1.82) is 0 Å². The summed E-state index contributed by atoms with van der Waals surface area (Å²) in [5.41, 5.74) is 2.55. The number of ketones is 2. The van der Waals surface area contributed by atoms with Crippen LogP contribution in [0.25, 0.3) is 0 Å². The number of hydrogen-bond donors (Lipinski definition) is 10. The fourth-order valence-corrected chi connectivity index (χ4v) is 13.7. The first kappa shape index (κ1) is 95.9. The van der Waals surface area contributed by atoms with E-state index in [1.807, 2.05) is 168 Å². The highest BCUT2D eigenvalue weighted by Gasteiger charge is 2.37. The Balaban J connectivity index is 0.000000321. The number of urea groups is 2. The topological polar surface area (TPSA) is 362 Å². The van der Waals surface area contributed by atoms with Gasteiger partial charge in [-0.15, -0.1) is 0 Å². The van der Waals surface area contributed by atoms with Crippen molar-refractivity contribution in [2.45, 2.75) is 246 Å². The Hall–Kier alpha value is -9.92. The molecule has 10 N–H and O–H groups in total. The summed E-state index contributed by atoms with van der Waals surface area (Å²) in [6.45, 7) is 27.8. The number of alkyl carbamates (subject to hydrolysis) is 2. The van der Waals surface area contributed by atoms with Crippen LogP contribution in [0.15, 0.2) is 121 Å². The van der Waals surface area contributed by atoms with Gasteiger partial charge in [-0.1, -0.05) is 163 Å². The number of amides is 11. The lowest BCUT2D eigenvalue weighted by molar-refractivity contribution is -0.143. The normalized spacial score (nSPS) is 16.2. The minimum absolute atomic E-state index is 0.0637. The molecule has 27 heteroatoms. The number of aliphatic carboxylic acids is 1. The Bertz CT molecular complexity index is 3760. The number of carboxylic acids is 1. The number of benzene rings is 4. The van der Waals surface area contributed by atoms with Gasteiger partial charge in [-0.2, -0.15) is 0 Å². The summed E-state index contributed by atoms with van der Waals surface area (Å²) in [6.07, 6.45) is 7.84. The van der Waals surface area contributed by atoms with Gasteiger partial charge in [0.25, 0.3) is 0 Å².